The molecular formula is C12H17FN2O2. The maximum Gasteiger partial charge on any atom is 0.223 e. The molecule has 17 heavy (non-hydrogen) atoms. The molecule has 0 fully saturated rings. The molecule has 94 valence electrons. The van der Waals surface area contributed by atoms with Crippen LogP contribution in [0.25, 0.3) is 0 Å². The molecule has 0 saturated carbocycles. The molecule has 0 aliphatic carbocycles. The summed E-state index contributed by atoms with van der Waals surface area (Å²) in [7, 11) is 0. The molecule has 0 saturated heterocycles. The highest BCUT2D eigenvalue weighted by atomic mass is 19.1. The lowest BCUT2D eigenvalue weighted by Gasteiger charge is -2.10. The molecule has 0 atom stereocenters. The second kappa shape index (κ2) is 6.85. The van der Waals surface area contributed by atoms with Gasteiger partial charge in [-0.2, -0.15) is 0 Å². The summed E-state index contributed by atoms with van der Waals surface area (Å²) in [5.74, 6) is 0.114. The zero-order valence-corrected chi connectivity index (χ0v) is 9.83. The van der Waals surface area contributed by atoms with Crippen LogP contribution in [0.1, 0.15) is 18.9 Å². The third-order valence-corrected chi connectivity index (χ3v) is 2.20. The van der Waals surface area contributed by atoms with E-state index < -0.39 is 0 Å². The number of hydrogen-bond acceptors (Lipinski definition) is 3. The van der Waals surface area contributed by atoms with E-state index in [0.717, 1.165) is 0 Å². The van der Waals surface area contributed by atoms with Crippen LogP contribution in [-0.4, -0.2) is 19.1 Å². The van der Waals surface area contributed by atoms with Gasteiger partial charge in [-0.3, -0.25) is 4.79 Å². The Morgan fingerprint density at radius 2 is 2.29 bits per heavy atom. The SMILES string of the molecule is CCNC(=O)CCOc1ccc(F)cc1CN. The first-order valence-corrected chi connectivity index (χ1v) is 5.55. The lowest BCUT2D eigenvalue weighted by atomic mass is 10.2. The number of amides is 1. The van der Waals surface area contributed by atoms with E-state index in [1.165, 1.54) is 18.2 Å². The van der Waals surface area contributed by atoms with Crippen molar-refractivity contribution in [2.75, 3.05) is 13.2 Å². The minimum absolute atomic E-state index is 0.0658. The topological polar surface area (TPSA) is 64.3 Å². The van der Waals surface area contributed by atoms with Gasteiger partial charge in [-0.25, -0.2) is 4.39 Å². The minimum Gasteiger partial charge on any atom is -0.493 e. The molecule has 3 N–H and O–H groups in total. The molecule has 1 aromatic carbocycles. The van der Waals surface area contributed by atoms with Crippen molar-refractivity contribution in [3.05, 3.63) is 29.6 Å². The Hall–Kier alpha value is -1.62. The van der Waals surface area contributed by atoms with Crippen LogP contribution in [0, 0.1) is 5.82 Å². The largest absolute Gasteiger partial charge is 0.493 e. The van der Waals surface area contributed by atoms with Crippen molar-refractivity contribution in [1.29, 1.82) is 0 Å². The van der Waals surface area contributed by atoms with E-state index in [2.05, 4.69) is 5.32 Å². The maximum atomic E-state index is 12.9. The second-order valence-electron chi connectivity index (χ2n) is 3.51. The van der Waals surface area contributed by atoms with E-state index in [-0.39, 0.29) is 31.3 Å². The molecule has 0 spiro atoms. The molecule has 0 bridgehead atoms. The summed E-state index contributed by atoms with van der Waals surface area (Å²) < 4.78 is 18.3. The van der Waals surface area contributed by atoms with Crippen LogP contribution in [0.5, 0.6) is 5.75 Å². The normalized spacial score (nSPS) is 10.1. The molecule has 5 heteroatoms. The van der Waals surface area contributed by atoms with Crippen LogP contribution in [-0.2, 0) is 11.3 Å². The van der Waals surface area contributed by atoms with Gasteiger partial charge in [0.25, 0.3) is 0 Å². The predicted molar refractivity (Wildman–Crippen MR) is 63.1 cm³/mol. The zero-order chi connectivity index (χ0) is 12.7. The van der Waals surface area contributed by atoms with Crippen molar-refractivity contribution in [3.8, 4) is 5.75 Å². The summed E-state index contributed by atoms with van der Waals surface area (Å²) in [6.45, 7) is 2.91. The van der Waals surface area contributed by atoms with Gasteiger partial charge < -0.3 is 15.8 Å². The van der Waals surface area contributed by atoms with Gasteiger partial charge in [0.1, 0.15) is 11.6 Å². The average molecular weight is 240 g/mol. The van der Waals surface area contributed by atoms with Crippen LogP contribution >= 0.6 is 0 Å². The number of ether oxygens (including phenoxy) is 1. The van der Waals surface area contributed by atoms with E-state index in [0.29, 0.717) is 17.9 Å². The number of nitrogens with one attached hydrogen (secondary N) is 1. The van der Waals surface area contributed by atoms with Gasteiger partial charge >= 0.3 is 0 Å². The monoisotopic (exact) mass is 240 g/mol. The number of hydrogen-bond donors (Lipinski definition) is 2. The quantitative estimate of drug-likeness (QED) is 0.785. The smallest absolute Gasteiger partial charge is 0.223 e. The fourth-order valence-electron chi connectivity index (χ4n) is 1.39. The lowest BCUT2D eigenvalue weighted by molar-refractivity contribution is -0.121. The van der Waals surface area contributed by atoms with Crippen molar-refractivity contribution in [3.63, 3.8) is 0 Å². The van der Waals surface area contributed by atoms with E-state index in [4.69, 9.17) is 10.5 Å². The molecule has 1 aromatic rings. The van der Waals surface area contributed by atoms with E-state index >= 15 is 0 Å². The molecule has 4 nitrogen and oxygen atoms in total. The number of carbonyl (C=O) groups excluding carboxylic acids is 1. The summed E-state index contributed by atoms with van der Waals surface area (Å²) >= 11 is 0. The third-order valence-electron chi connectivity index (χ3n) is 2.20. The number of nitrogens with two attached hydrogens (primary N) is 1. The van der Waals surface area contributed by atoms with Crippen molar-refractivity contribution in [2.45, 2.75) is 19.9 Å². The summed E-state index contributed by atoms with van der Waals surface area (Å²) in [6.07, 6.45) is 0.273. The Balaban J connectivity index is 2.49. The van der Waals surface area contributed by atoms with Gasteiger partial charge in [-0.15, -0.1) is 0 Å². The van der Waals surface area contributed by atoms with Gasteiger partial charge in [0.2, 0.25) is 5.91 Å². The Labute approximate surface area is 100.0 Å². The molecule has 1 rings (SSSR count). The first-order chi connectivity index (χ1) is 8.17. The van der Waals surface area contributed by atoms with Crippen LogP contribution in [0.2, 0.25) is 0 Å². The zero-order valence-electron chi connectivity index (χ0n) is 9.83. The van der Waals surface area contributed by atoms with Gasteiger partial charge in [-0.05, 0) is 25.1 Å². The van der Waals surface area contributed by atoms with Crippen molar-refractivity contribution < 1.29 is 13.9 Å². The number of carbonyl (C=O) groups is 1. The Kier molecular flexibility index (Phi) is 5.42. The fourth-order valence-corrected chi connectivity index (χ4v) is 1.39. The molecule has 0 aliphatic rings. The first kappa shape index (κ1) is 13.4. The third kappa shape index (κ3) is 4.40. The fraction of sp³-hybridized carbons (Fsp3) is 0.417. The van der Waals surface area contributed by atoms with Crippen molar-refractivity contribution in [2.24, 2.45) is 5.73 Å². The van der Waals surface area contributed by atoms with Gasteiger partial charge in [0, 0.05) is 18.7 Å². The Bertz CT molecular complexity index is 383. The van der Waals surface area contributed by atoms with Gasteiger partial charge in [0.05, 0.1) is 13.0 Å². The van der Waals surface area contributed by atoms with E-state index in [1.54, 1.807) is 0 Å². The molecular weight excluding hydrogens is 223 g/mol. The molecule has 0 unspecified atom stereocenters. The molecule has 0 radical (unpaired) electrons. The summed E-state index contributed by atoms with van der Waals surface area (Å²) in [4.78, 5) is 11.2. The number of halogens is 1. The number of rotatable bonds is 6. The summed E-state index contributed by atoms with van der Waals surface area (Å²) in [5.41, 5.74) is 6.07. The predicted octanol–water partition coefficient (Wildman–Crippen LogP) is 1.19. The standard InChI is InChI=1S/C12H17FN2O2/c1-2-15-12(16)5-6-17-11-4-3-10(13)7-9(11)8-14/h3-4,7H,2,5-6,8,14H2,1H3,(H,15,16). The Morgan fingerprint density at radius 3 is 2.94 bits per heavy atom. The van der Waals surface area contributed by atoms with Crippen LogP contribution in [0.15, 0.2) is 18.2 Å². The highest BCUT2D eigenvalue weighted by molar-refractivity contribution is 5.75. The minimum atomic E-state index is -0.346. The Morgan fingerprint density at radius 1 is 1.53 bits per heavy atom. The molecule has 1 amide bonds. The van der Waals surface area contributed by atoms with Crippen LogP contribution in [0.4, 0.5) is 4.39 Å². The second-order valence-corrected chi connectivity index (χ2v) is 3.51. The maximum absolute atomic E-state index is 12.9. The first-order valence-electron chi connectivity index (χ1n) is 5.55. The van der Waals surface area contributed by atoms with Crippen LogP contribution in [0.3, 0.4) is 0 Å². The lowest BCUT2D eigenvalue weighted by Crippen LogP contribution is -2.24. The molecule has 0 aliphatic heterocycles. The van der Waals surface area contributed by atoms with E-state index in [1.807, 2.05) is 6.92 Å². The average Bonchev–Trinajstić information content (AvgIpc) is 2.31. The molecule has 0 heterocycles. The van der Waals surface area contributed by atoms with E-state index in [9.17, 15) is 9.18 Å². The summed E-state index contributed by atoms with van der Waals surface area (Å²) in [5, 5.41) is 2.67. The molecule has 0 aromatic heterocycles. The summed E-state index contributed by atoms with van der Waals surface area (Å²) in [6, 6.07) is 4.16. The highest BCUT2D eigenvalue weighted by Crippen LogP contribution is 2.19. The van der Waals surface area contributed by atoms with Gasteiger partial charge in [0.15, 0.2) is 0 Å². The van der Waals surface area contributed by atoms with Crippen LogP contribution < -0.4 is 15.8 Å². The van der Waals surface area contributed by atoms with Gasteiger partial charge in [-0.1, -0.05) is 0 Å². The van der Waals surface area contributed by atoms with Crippen molar-refractivity contribution >= 4 is 5.91 Å². The number of benzene rings is 1. The highest BCUT2D eigenvalue weighted by Gasteiger charge is 2.05. The van der Waals surface area contributed by atoms with Crippen molar-refractivity contribution in [1.82, 2.24) is 5.32 Å².